The van der Waals surface area contributed by atoms with E-state index in [-0.39, 0.29) is 11.6 Å². The molecule has 2 aliphatic heterocycles. The van der Waals surface area contributed by atoms with E-state index in [4.69, 9.17) is 4.74 Å². The summed E-state index contributed by atoms with van der Waals surface area (Å²) in [5, 5.41) is 3.44. The Labute approximate surface area is 96.3 Å². The number of nitrogens with zero attached hydrogens (tertiary/aromatic N) is 1. The highest BCUT2D eigenvalue weighted by molar-refractivity contribution is 5.72. The van der Waals surface area contributed by atoms with Crippen LogP contribution in [0.2, 0.25) is 0 Å². The molecule has 1 saturated carbocycles. The summed E-state index contributed by atoms with van der Waals surface area (Å²) in [7, 11) is 0. The lowest BCUT2D eigenvalue weighted by Crippen LogP contribution is -2.55. The van der Waals surface area contributed by atoms with Gasteiger partial charge in [-0.15, -0.1) is 0 Å². The highest BCUT2D eigenvalue weighted by Crippen LogP contribution is 2.42. The van der Waals surface area contributed by atoms with E-state index in [0.29, 0.717) is 18.6 Å². The largest absolute Gasteiger partial charge is 0.447 e. The van der Waals surface area contributed by atoms with Crippen LogP contribution >= 0.6 is 0 Å². The molecular formula is C12H20N2O2. The van der Waals surface area contributed by atoms with Gasteiger partial charge in [-0.05, 0) is 45.1 Å². The number of cyclic esters (lactones) is 1. The molecule has 16 heavy (non-hydrogen) atoms. The molecular weight excluding hydrogens is 204 g/mol. The van der Waals surface area contributed by atoms with Crippen molar-refractivity contribution in [1.82, 2.24) is 10.2 Å². The molecule has 4 nitrogen and oxygen atoms in total. The third-order valence-electron chi connectivity index (χ3n) is 4.32. The fourth-order valence-corrected chi connectivity index (χ4v) is 3.15. The van der Waals surface area contributed by atoms with Gasteiger partial charge in [0.15, 0.2) is 0 Å². The van der Waals surface area contributed by atoms with Crippen molar-refractivity contribution in [3.63, 3.8) is 0 Å². The van der Waals surface area contributed by atoms with Crippen molar-refractivity contribution in [1.29, 1.82) is 0 Å². The van der Waals surface area contributed by atoms with E-state index in [1.165, 1.54) is 12.8 Å². The van der Waals surface area contributed by atoms with Crippen LogP contribution in [-0.2, 0) is 4.74 Å². The van der Waals surface area contributed by atoms with Crippen LogP contribution in [0.15, 0.2) is 0 Å². The number of piperidine rings is 1. The number of carbonyl (C=O) groups excluding carboxylic acids is 1. The first kappa shape index (κ1) is 10.4. The first-order chi connectivity index (χ1) is 7.72. The van der Waals surface area contributed by atoms with Crippen molar-refractivity contribution in [2.24, 2.45) is 5.92 Å². The monoisotopic (exact) mass is 224 g/mol. The molecule has 3 aliphatic rings. The number of carbonyl (C=O) groups is 1. The quantitative estimate of drug-likeness (QED) is 0.770. The number of hydrogen-bond donors (Lipinski definition) is 1. The van der Waals surface area contributed by atoms with Gasteiger partial charge in [-0.25, -0.2) is 4.79 Å². The molecule has 0 aromatic heterocycles. The van der Waals surface area contributed by atoms with E-state index in [1.54, 1.807) is 0 Å². The van der Waals surface area contributed by atoms with Crippen molar-refractivity contribution >= 4 is 6.09 Å². The third kappa shape index (κ3) is 1.51. The summed E-state index contributed by atoms with van der Waals surface area (Å²) in [4.78, 5) is 13.8. The van der Waals surface area contributed by atoms with Crippen molar-refractivity contribution in [3.05, 3.63) is 0 Å². The van der Waals surface area contributed by atoms with Gasteiger partial charge in [-0.3, -0.25) is 4.90 Å². The van der Waals surface area contributed by atoms with Gasteiger partial charge in [0, 0.05) is 12.6 Å². The third-order valence-corrected chi connectivity index (χ3v) is 4.32. The van der Waals surface area contributed by atoms with Crippen LogP contribution < -0.4 is 5.32 Å². The second-order valence-electron chi connectivity index (χ2n) is 5.56. The van der Waals surface area contributed by atoms with Gasteiger partial charge < -0.3 is 10.1 Å². The normalized spacial score (nSPS) is 39.9. The molecule has 2 saturated heterocycles. The second-order valence-corrected chi connectivity index (χ2v) is 5.56. The van der Waals surface area contributed by atoms with Gasteiger partial charge in [-0.1, -0.05) is 0 Å². The lowest BCUT2D eigenvalue weighted by atomic mass is 9.80. The summed E-state index contributed by atoms with van der Waals surface area (Å²) in [6.45, 7) is 4.92. The summed E-state index contributed by atoms with van der Waals surface area (Å²) in [5.41, 5.74) is -0.0638. The SMILES string of the molecule is CC1(C2CCCNC2)COC(=O)N1C1CC1. The Morgan fingerprint density at radius 1 is 1.44 bits per heavy atom. The summed E-state index contributed by atoms with van der Waals surface area (Å²) in [6, 6.07) is 0.460. The number of nitrogens with one attached hydrogen (secondary N) is 1. The zero-order chi connectivity index (χ0) is 11.2. The van der Waals surface area contributed by atoms with E-state index >= 15 is 0 Å². The van der Waals surface area contributed by atoms with Crippen molar-refractivity contribution in [3.8, 4) is 0 Å². The number of ether oxygens (including phenoxy) is 1. The smallest absolute Gasteiger partial charge is 0.410 e. The van der Waals surface area contributed by atoms with Crippen LogP contribution in [0.5, 0.6) is 0 Å². The molecule has 90 valence electrons. The van der Waals surface area contributed by atoms with Crippen LogP contribution in [-0.4, -0.2) is 42.3 Å². The van der Waals surface area contributed by atoms with Gasteiger partial charge >= 0.3 is 6.09 Å². The molecule has 4 heteroatoms. The lowest BCUT2D eigenvalue weighted by Gasteiger charge is -2.41. The average Bonchev–Trinajstić information content (AvgIpc) is 3.08. The first-order valence-electron chi connectivity index (χ1n) is 6.38. The number of hydrogen-bond acceptors (Lipinski definition) is 3. The molecule has 0 aromatic rings. The molecule has 0 aromatic carbocycles. The predicted octanol–water partition coefficient (Wildman–Crippen LogP) is 1.36. The molecule has 3 rings (SSSR count). The number of rotatable bonds is 2. The Morgan fingerprint density at radius 3 is 2.88 bits per heavy atom. The molecule has 2 unspecified atom stereocenters. The second kappa shape index (κ2) is 3.62. The van der Waals surface area contributed by atoms with Crippen LogP contribution in [0.3, 0.4) is 0 Å². The van der Waals surface area contributed by atoms with Crippen molar-refractivity contribution < 1.29 is 9.53 Å². The van der Waals surface area contributed by atoms with E-state index in [0.717, 1.165) is 25.9 Å². The molecule has 0 radical (unpaired) electrons. The Kier molecular flexibility index (Phi) is 2.35. The topological polar surface area (TPSA) is 41.6 Å². The minimum Gasteiger partial charge on any atom is -0.447 e. The van der Waals surface area contributed by atoms with Gasteiger partial charge in [0.1, 0.15) is 6.61 Å². The highest BCUT2D eigenvalue weighted by atomic mass is 16.6. The van der Waals surface area contributed by atoms with Gasteiger partial charge in [0.2, 0.25) is 0 Å². The standard InChI is InChI=1S/C12H20N2O2/c1-12(9-3-2-6-13-7-9)8-16-11(15)14(12)10-4-5-10/h9-10,13H,2-8H2,1H3. The Balaban J connectivity index is 1.81. The minimum absolute atomic E-state index is 0.0638. The minimum atomic E-state index is -0.0874. The maximum atomic E-state index is 11.8. The molecule has 3 fully saturated rings. The Hall–Kier alpha value is -0.770. The van der Waals surface area contributed by atoms with E-state index in [2.05, 4.69) is 12.2 Å². The maximum absolute atomic E-state index is 11.8. The fourth-order valence-electron chi connectivity index (χ4n) is 3.15. The summed E-state index contributed by atoms with van der Waals surface area (Å²) >= 11 is 0. The van der Waals surface area contributed by atoms with Crippen LogP contribution in [0.25, 0.3) is 0 Å². The van der Waals surface area contributed by atoms with Gasteiger partial charge in [-0.2, -0.15) is 0 Å². The first-order valence-corrected chi connectivity index (χ1v) is 6.38. The van der Waals surface area contributed by atoms with E-state index < -0.39 is 0 Å². The lowest BCUT2D eigenvalue weighted by molar-refractivity contribution is 0.0919. The zero-order valence-corrected chi connectivity index (χ0v) is 9.87. The van der Waals surface area contributed by atoms with Crippen molar-refractivity contribution in [2.45, 2.75) is 44.2 Å². The summed E-state index contributed by atoms with van der Waals surface area (Å²) in [6.07, 6.45) is 4.65. The van der Waals surface area contributed by atoms with Crippen molar-refractivity contribution in [2.75, 3.05) is 19.7 Å². The highest BCUT2D eigenvalue weighted by Gasteiger charge is 2.54. The molecule has 2 heterocycles. The summed E-state index contributed by atoms with van der Waals surface area (Å²) in [5.74, 6) is 0.549. The Morgan fingerprint density at radius 2 is 2.25 bits per heavy atom. The van der Waals surface area contributed by atoms with Crippen LogP contribution in [0.1, 0.15) is 32.6 Å². The molecule has 0 spiro atoms. The molecule has 1 aliphatic carbocycles. The molecule has 0 bridgehead atoms. The zero-order valence-electron chi connectivity index (χ0n) is 9.87. The number of amides is 1. The van der Waals surface area contributed by atoms with Gasteiger partial charge in [0.25, 0.3) is 0 Å². The average molecular weight is 224 g/mol. The van der Waals surface area contributed by atoms with Crippen LogP contribution in [0.4, 0.5) is 4.79 Å². The summed E-state index contributed by atoms with van der Waals surface area (Å²) < 4.78 is 5.29. The molecule has 2 atom stereocenters. The predicted molar refractivity (Wildman–Crippen MR) is 60.2 cm³/mol. The van der Waals surface area contributed by atoms with Gasteiger partial charge in [0.05, 0.1) is 5.54 Å². The maximum Gasteiger partial charge on any atom is 0.410 e. The molecule has 1 amide bonds. The van der Waals surface area contributed by atoms with E-state index in [1.807, 2.05) is 4.90 Å². The Bertz CT molecular complexity index is 297. The molecule has 1 N–H and O–H groups in total. The fraction of sp³-hybridized carbons (Fsp3) is 0.917. The van der Waals surface area contributed by atoms with E-state index in [9.17, 15) is 4.79 Å². The van der Waals surface area contributed by atoms with Crippen LogP contribution in [0, 0.1) is 5.92 Å².